The Morgan fingerprint density at radius 3 is 1.55 bits per heavy atom. The second kappa shape index (κ2) is 12.6. The van der Waals surface area contributed by atoms with Crippen molar-refractivity contribution in [2.24, 2.45) is 28.6 Å². The summed E-state index contributed by atoms with van der Waals surface area (Å²) in [5.41, 5.74) is -2.36. The fourth-order valence-corrected chi connectivity index (χ4v) is 4.93. The van der Waals surface area contributed by atoms with Crippen molar-refractivity contribution in [1.82, 2.24) is 0 Å². The van der Waals surface area contributed by atoms with Crippen LogP contribution in [-0.2, 0) is 38.1 Å². The fourth-order valence-electron chi connectivity index (χ4n) is 4.93. The summed E-state index contributed by atoms with van der Waals surface area (Å²) >= 11 is 0. The maximum absolute atomic E-state index is 12.1. The minimum atomic E-state index is -0.736. The number of rotatable bonds is 10. The Balaban J connectivity index is 0.000000371. The highest BCUT2D eigenvalue weighted by Gasteiger charge is 2.66. The van der Waals surface area contributed by atoms with Crippen LogP contribution in [0.4, 0.5) is 0 Å². The third-order valence-corrected chi connectivity index (χ3v) is 6.87. The Bertz CT molecular complexity index is 876. The van der Waals surface area contributed by atoms with Crippen LogP contribution in [-0.4, -0.2) is 48.3 Å². The van der Waals surface area contributed by atoms with E-state index >= 15 is 0 Å². The van der Waals surface area contributed by atoms with Gasteiger partial charge in [0, 0.05) is 0 Å². The summed E-state index contributed by atoms with van der Waals surface area (Å²) in [5, 5.41) is 0. The van der Waals surface area contributed by atoms with Gasteiger partial charge in [0.15, 0.2) is 0 Å². The van der Waals surface area contributed by atoms with Crippen molar-refractivity contribution >= 4 is 23.9 Å². The molecule has 3 saturated carbocycles. The Morgan fingerprint density at radius 2 is 1.21 bits per heavy atom. The lowest BCUT2D eigenvalue weighted by molar-refractivity contribution is -0.163. The molecular formula is C30H50O8. The predicted molar refractivity (Wildman–Crippen MR) is 145 cm³/mol. The number of esters is 4. The van der Waals surface area contributed by atoms with Crippen LogP contribution in [0.15, 0.2) is 12.7 Å². The molecular weight excluding hydrogens is 488 g/mol. The van der Waals surface area contributed by atoms with Crippen molar-refractivity contribution in [3.05, 3.63) is 12.7 Å². The van der Waals surface area contributed by atoms with E-state index in [2.05, 4.69) is 6.58 Å². The molecule has 4 atom stereocenters. The lowest BCUT2D eigenvalue weighted by Gasteiger charge is -2.22. The van der Waals surface area contributed by atoms with Gasteiger partial charge in [-0.3, -0.25) is 19.2 Å². The molecule has 218 valence electrons. The molecule has 0 N–H and O–H groups in total. The standard InChI is InChI=1S/C15H24O4.C14H22O4.CH4/c1-5-18-13(17)15(8-11(15)10-6-7-10)9-12(16)19-14(2,3)4;1-6-10-8-14(10,12(16)17-7-2)9-11(15)18-13(3,4)5;/h10-11H,5-9H2,1-4H3;6,10H,1,7-9H2,2-5H3;1H4/t11-,15+;10-,14-;/m01./s1. The van der Waals surface area contributed by atoms with E-state index < -0.39 is 22.0 Å². The van der Waals surface area contributed by atoms with Gasteiger partial charge in [0.05, 0.1) is 36.9 Å². The van der Waals surface area contributed by atoms with Crippen molar-refractivity contribution in [3.8, 4) is 0 Å². The normalized spacial score (nSPS) is 27.4. The summed E-state index contributed by atoms with van der Waals surface area (Å²) in [7, 11) is 0. The third kappa shape index (κ3) is 9.12. The maximum Gasteiger partial charge on any atom is 0.313 e. The smallest absolute Gasteiger partial charge is 0.313 e. The highest BCUT2D eigenvalue weighted by Crippen LogP contribution is 2.65. The van der Waals surface area contributed by atoms with Gasteiger partial charge < -0.3 is 18.9 Å². The lowest BCUT2D eigenvalue weighted by Crippen LogP contribution is -2.30. The van der Waals surface area contributed by atoms with Gasteiger partial charge in [-0.15, -0.1) is 6.58 Å². The van der Waals surface area contributed by atoms with Crippen molar-refractivity contribution in [2.45, 2.75) is 113 Å². The molecule has 0 amide bonds. The van der Waals surface area contributed by atoms with Crippen LogP contribution >= 0.6 is 0 Å². The Kier molecular flexibility index (Phi) is 11.2. The van der Waals surface area contributed by atoms with E-state index in [9.17, 15) is 19.2 Å². The van der Waals surface area contributed by atoms with Gasteiger partial charge in [0.1, 0.15) is 11.2 Å². The van der Waals surface area contributed by atoms with Crippen molar-refractivity contribution in [1.29, 1.82) is 0 Å². The van der Waals surface area contributed by atoms with E-state index in [1.807, 2.05) is 20.8 Å². The number of ether oxygens (including phenoxy) is 4. The van der Waals surface area contributed by atoms with Gasteiger partial charge in [-0.2, -0.15) is 0 Å². The average molecular weight is 539 g/mol. The SMILES string of the molecule is C.C=C[C@@H]1C[C@]1(CC(=O)OC(C)(C)C)C(=O)OCC.CCOC(=O)[C@@]1(CC(=O)OC(C)(C)C)C[C@H]1C1CC1. The summed E-state index contributed by atoms with van der Waals surface area (Å²) < 4.78 is 20.8. The summed E-state index contributed by atoms with van der Waals surface area (Å²) in [6.45, 7) is 18.9. The number of allylic oxidation sites excluding steroid dienone is 1. The molecule has 0 spiro atoms. The molecule has 0 aromatic heterocycles. The average Bonchev–Trinajstić information content (AvgIpc) is 3.60. The first kappa shape index (κ1) is 33.6. The van der Waals surface area contributed by atoms with Crippen LogP contribution in [0.25, 0.3) is 0 Å². The quantitative estimate of drug-likeness (QED) is 0.195. The van der Waals surface area contributed by atoms with Crippen LogP contribution < -0.4 is 0 Å². The molecule has 0 saturated heterocycles. The molecule has 0 unspecified atom stereocenters. The molecule has 3 rings (SSSR count). The van der Waals surface area contributed by atoms with Crippen LogP contribution in [0.2, 0.25) is 0 Å². The van der Waals surface area contributed by atoms with Gasteiger partial charge in [-0.1, -0.05) is 13.5 Å². The summed E-state index contributed by atoms with van der Waals surface area (Å²) in [6.07, 6.45) is 5.72. The molecule has 0 bridgehead atoms. The van der Waals surface area contributed by atoms with Gasteiger partial charge >= 0.3 is 23.9 Å². The molecule has 3 aliphatic rings. The highest BCUT2D eigenvalue weighted by atomic mass is 16.6. The number of carbonyl (C=O) groups is 4. The second-order valence-corrected chi connectivity index (χ2v) is 12.5. The molecule has 0 aliphatic heterocycles. The number of hydrogen-bond donors (Lipinski definition) is 0. The predicted octanol–water partition coefficient (Wildman–Crippen LogP) is 5.81. The molecule has 3 aliphatic carbocycles. The summed E-state index contributed by atoms with van der Waals surface area (Å²) in [5.74, 6) is -0.211. The minimum absolute atomic E-state index is 0. The van der Waals surface area contributed by atoms with Crippen molar-refractivity contribution in [2.75, 3.05) is 13.2 Å². The topological polar surface area (TPSA) is 105 Å². The maximum atomic E-state index is 12.1. The van der Waals surface area contributed by atoms with E-state index in [-0.39, 0.29) is 50.1 Å². The molecule has 0 heterocycles. The first-order valence-corrected chi connectivity index (χ1v) is 13.4. The molecule has 3 fully saturated rings. The van der Waals surface area contributed by atoms with E-state index in [1.165, 1.54) is 12.8 Å². The van der Waals surface area contributed by atoms with Crippen LogP contribution in [0, 0.1) is 28.6 Å². The zero-order chi connectivity index (χ0) is 28.2. The number of carbonyl (C=O) groups excluding carboxylic acids is 4. The van der Waals surface area contributed by atoms with E-state index in [0.717, 1.165) is 6.42 Å². The number of hydrogen-bond acceptors (Lipinski definition) is 8. The molecule has 8 nitrogen and oxygen atoms in total. The zero-order valence-corrected chi connectivity index (χ0v) is 23.9. The Morgan fingerprint density at radius 1 is 0.789 bits per heavy atom. The van der Waals surface area contributed by atoms with E-state index in [4.69, 9.17) is 18.9 Å². The monoisotopic (exact) mass is 538 g/mol. The van der Waals surface area contributed by atoms with Gasteiger partial charge in [-0.05, 0) is 98.8 Å². The van der Waals surface area contributed by atoms with Gasteiger partial charge in [0.2, 0.25) is 0 Å². The van der Waals surface area contributed by atoms with Crippen LogP contribution in [0.1, 0.15) is 101 Å². The largest absolute Gasteiger partial charge is 0.466 e. The van der Waals surface area contributed by atoms with E-state index in [0.29, 0.717) is 31.5 Å². The first-order valence-electron chi connectivity index (χ1n) is 13.4. The Labute approximate surface area is 229 Å². The Hall–Kier alpha value is -2.38. The molecule has 0 aromatic carbocycles. The third-order valence-electron chi connectivity index (χ3n) is 6.87. The van der Waals surface area contributed by atoms with Gasteiger partial charge in [0.25, 0.3) is 0 Å². The van der Waals surface area contributed by atoms with Crippen LogP contribution in [0.3, 0.4) is 0 Å². The first-order chi connectivity index (χ1) is 17.0. The van der Waals surface area contributed by atoms with Gasteiger partial charge in [-0.25, -0.2) is 0 Å². The van der Waals surface area contributed by atoms with E-state index in [1.54, 1.807) is 40.7 Å². The minimum Gasteiger partial charge on any atom is -0.466 e. The molecule has 0 aromatic rings. The van der Waals surface area contributed by atoms with Crippen LogP contribution in [0.5, 0.6) is 0 Å². The zero-order valence-electron chi connectivity index (χ0n) is 23.9. The second-order valence-electron chi connectivity index (χ2n) is 12.5. The molecule has 38 heavy (non-hydrogen) atoms. The molecule has 8 heteroatoms. The fraction of sp³-hybridized carbons (Fsp3) is 0.800. The highest BCUT2D eigenvalue weighted by molar-refractivity contribution is 5.87. The lowest BCUT2D eigenvalue weighted by atomic mass is 9.97. The van der Waals surface area contributed by atoms with Crippen molar-refractivity contribution < 1.29 is 38.1 Å². The molecule has 0 radical (unpaired) electrons. The summed E-state index contributed by atoms with van der Waals surface area (Å²) in [6, 6.07) is 0. The van der Waals surface area contributed by atoms with Crippen molar-refractivity contribution in [3.63, 3.8) is 0 Å². The summed E-state index contributed by atoms with van der Waals surface area (Å²) in [4.78, 5) is 47.9.